The van der Waals surface area contributed by atoms with E-state index in [-0.39, 0.29) is 17.0 Å². The van der Waals surface area contributed by atoms with E-state index < -0.39 is 17.3 Å². The molecule has 0 aliphatic rings. The van der Waals surface area contributed by atoms with Gasteiger partial charge in [-0.1, -0.05) is 32.0 Å². The first-order chi connectivity index (χ1) is 18.9. The number of carbonyl (C=O) groups is 1. The summed E-state index contributed by atoms with van der Waals surface area (Å²) >= 11 is 0. The Morgan fingerprint density at radius 2 is 1.72 bits per heavy atom. The summed E-state index contributed by atoms with van der Waals surface area (Å²) in [6.45, 7) is 5.68. The summed E-state index contributed by atoms with van der Waals surface area (Å²) in [4.78, 5) is 30.4. The minimum absolute atomic E-state index is 0.0224. The zero-order valence-corrected chi connectivity index (χ0v) is 22.4. The molecule has 0 unspecified atom stereocenters. The molecule has 9 heteroatoms. The molecule has 0 aliphatic carbocycles. The summed E-state index contributed by atoms with van der Waals surface area (Å²) in [7, 11) is 3.26. The van der Waals surface area contributed by atoms with Crippen LogP contribution in [-0.4, -0.2) is 27.4 Å². The summed E-state index contributed by atoms with van der Waals surface area (Å²) in [5, 5.41) is 3.31. The van der Waals surface area contributed by atoms with Gasteiger partial charge >= 0.3 is 0 Å². The third-order valence-corrected chi connectivity index (χ3v) is 6.10. The minimum Gasteiger partial charge on any atom is -0.497 e. The van der Waals surface area contributed by atoms with Gasteiger partial charge in [0.2, 0.25) is 0 Å². The van der Waals surface area contributed by atoms with E-state index in [9.17, 15) is 14.0 Å². The van der Waals surface area contributed by atoms with Gasteiger partial charge in [0.15, 0.2) is 11.6 Å². The van der Waals surface area contributed by atoms with E-state index in [1.807, 2.05) is 32.0 Å². The average molecular weight is 529 g/mol. The van der Waals surface area contributed by atoms with Gasteiger partial charge < -0.3 is 14.8 Å². The van der Waals surface area contributed by atoms with Crippen LogP contribution in [0.25, 0.3) is 16.6 Å². The van der Waals surface area contributed by atoms with Gasteiger partial charge in [-0.15, -0.1) is 0 Å². The number of nitrogens with one attached hydrogen (secondary N) is 1. The molecule has 0 saturated heterocycles. The Hall–Kier alpha value is -4.92. The number of aromatic nitrogens is 3. The molecule has 0 atom stereocenters. The van der Waals surface area contributed by atoms with Crippen molar-refractivity contribution in [2.24, 2.45) is 7.05 Å². The summed E-state index contributed by atoms with van der Waals surface area (Å²) < 4.78 is 29.0. The molecule has 0 saturated carbocycles. The zero-order chi connectivity index (χ0) is 28.1. The second-order valence-electron chi connectivity index (χ2n) is 8.33. The maximum atomic E-state index is 15.0. The van der Waals surface area contributed by atoms with Gasteiger partial charge in [0.1, 0.15) is 17.1 Å². The number of nitrogens with zero attached hydrogens (tertiary/aromatic N) is 3. The molecule has 39 heavy (non-hydrogen) atoms. The number of methoxy groups -OCH3 is 1. The van der Waals surface area contributed by atoms with Gasteiger partial charge in [0.05, 0.1) is 24.0 Å². The first-order valence-electron chi connectivity index (χ1n) is 12.4. The van der Waals surface area contributed by atoms with E-state index in [0.717, 1.165) is 6.07 Å². The maximum Gasteiger partial charge on any atom is 0.284 e. The molecule has 5 rings (SSSR count). The fraction of sp³-hybridized carbons (Fsp3) is 0.167. The van der Waals surface area contributed by atoms with Gasteiger partial charge in [0, 0.05) is 36.5 Å². The van der Waals surface area contributed by atoms with Gasteiger partial charge in [-0.25, -0.2) is 9.07 Å². The number of carbonyl (C=O) groups excluding carboxylic acids is 1. The molecule has 0 spiro atoms. The van der Waals surface area contributed by atoms with Crippen molar-refractivity contribution in [3.8, 4) is 22.9 Å². The van der Waals surface area contributed by atoms with Crippen molar-refractivity contribution in [2.75, 3.05) is 12.4 Å². The molecule has 0 fully saturated rings. The van der Waals surface area contributed by atoms with E-state index in [0.29, 0.717) is 33.8 Å². The predicted octanol–water partition coefficient (Wildman–Crippen LogP) is 6.25. The largest absolute Gasteiger partial charge is 0.497 e. The molecule has 1 amide bonds. The lowest BCUT2D eigenvalue weighted by Crippen LogP contribution is -2.25. The highest BCUT2D eigenvalue weighted by molar-refractivity contribution is 6.05. The number of benzene rings is 3. The SMILES string of the molecule is CC.COc1ccc2c(Oc3ccc(NC(=O)c4c(C)n(C)n(-c5ccccc5)c4=O)cc3F)ccnc2c1. The smallest absolute Gasteiger partial charge is 0.284 e. The second kappa shape index (κ2) is 11.6. The molecule has 0 aliphatic heterocycles. The molecule has 2 heterocycles. The Labute approximate surface area is 225 Å². The van der Waals surface area contributed by atoms with Crippen LogP contribution in [0.1, 0.15) is 29.9 Å². The number of para-hydroxylation sites is 1. The summed E-state index contributed by atoms with van der Waals surface area (Å²) in [5.74, 6) is -0.265. The Morgan fingerprint density at radius 3 is 2.41 bits per heavy atom. The third-order valence-electron chi connectivity index (χ3n) is 6.10. The Morgan fingerprint density at radius 1 is 0.974 bits per heavy atom. The third kappa shape index (κ3) is 5.38. The van der Waals surface area contributed by atoms with Crippen LogP contribution in [0.3, 0.4) is 0 Å². The van der Waals surface area contributed by atoms with Crippen molar-refractivity contribution >= 4 is 22.5 Å². The quantitative estimate of drug-likeness (QED) is 0.281. The van der Waals surface area contributed by atoms with Crippen LogP contribution in [0.5, 0.6) is 17.2 Å². The normalized spacial score (nSPS) is 10.5. The summed E-state index contributed by atoms with van der Waals surface area (Å²) in [5.41, 5.74) is 1.45. The van der Waals surface area contributed by atoms with E-state index >= 15 is 0 Å². The number of hydrogen-bond donors (Lipinski definition) is 1. The fourth-order valence-electron chi connectivity index (χ4n) is 4.12. The maximum absolute atomic E-state index is 15.0. The number of amides is 1. The van der Waals surface area contributed by atoms with Crippen molar-refractivity contribution in [3.63, 3.8) is 0 Å². The highest BCUT2D eigenvalue weighted by atomic mass is 19.1. The molecular weight excluding hydrogens is 499 g/mol. The standard InChI is InChI=1S/C28H23FN4O4.C2H6/c1-17-26(28(35)33(32(17)2)19-7-5-4-6-8-19)27(34)31-18-9-12-25(22(29)15-18)37-24-13-14-30-23-16-20(36-3)10-11-21(23)24;1-2/h4-16H,1-3H3,(H,31,34);1-2H3. The average Bonchev–Trinajstić information content (AvgIpc) is 3.18. The van der Waals surface area contributed by atoms with Gasteiger partial charge in [0.25, 0.3) is 11.5 Å². The predicted molar refractivity (Wildman–Crippen MR) is 150 cm³/mol. The molecule has 0 bridgehead atoms. The Kier molecular flexibility index (Phi) is 8.10. The van der Waals surface area contributed by atoms with Crippen molar-refractivity contribution in [2.45, 2.75) is 20.8 Å². The number of halogens is 1. The molecule has 5 aromatic rings. The van der Waals surface area contributed by atoms with Crippen LogP contribution in [0.4, 0.5) is 10.1 Å². The van der Waals surface area contributed by atoms with Crippen LogP contribution < -0.4 is 20.3 Å². The zero-order valence-electron chi connectivity index (χ0n) is 22.4. The van der Waals surface area contributed by atoms with Crippen LogP contribution >= 0.6 is 0 Å². The minimum atomic E-state index is -0.678. The van der Waals surface area contributed by atoms with Crippen molar-refractivity contribution in [1.29, 1.82) is 0 Å². The number of hydrogen-bond acceptors (Lipinski definition) is 5. The molecule has 0 radical (unpaired) electrons. The van der Waals surface area contributed by atoms with Crippen molar-refractivity contribution < 1.29 is 18.7 Å². The monoisotopic (exact) mass is 528 g/mol. The molecule has 3 aromatic carbocycles. The number of ether oxygens (including phenoxy) is 2. The van der Waals surface area contributed by atoms with E-state index in [2.05, 4.69) is 10.3 Å². The first-order valence-corrected chi connectivity index (χ1v) is 12.4. The molecule has 8 nitrogen and oxygen atoms in total. The van der Waals surface area contributed by atoms with Crippen LogP contribution in [0.2, 0.25) is 0 Å². The number of rotatable bonds is 6. The highest BCUT2D eigenvalue weighted by Gasteiger charge is 2.22. The summed E-state index contributed by atoms with van der Waals surface area (Å²) in [6, 6.07) is 20.0. The van der Waals surface area contributed by atoms with Crippen molar-refractivity contribution in [1.82, 2.24) is 14.3 Å². The van der Waals surface area contributed by atoms with Crippen LogP contribution in [0, 0.1) is 12.7 Å². The highest BCUT2D eigenvalue weighted by Crippen LogP contribution is 2.32. The van der Waals surface area contributed by atoms with Gasteiger partial charge in [-0.05, 0) is 49.4 Å². The second-order valence-corrected chi connectivity index (χ2v) is 8.33. The molecular formula is C30H29FN4O4. The molecule has 200 valence electrons. The lowest BCUT2D eigenvalue weighted by Gasteiger charge is -2.11. The fourth-order valence-corrected chi connectivity index (χ4v) is 4.12. The lowest BCUT2D eigenvalue weighted by atomic mass is 10.2. The number of anilines is 1. The Balaban J connectivity index is 0.00000172. The Bertz CT molecular complexity index is 1690. The lowest BCUT2D eigenvalue weighted by molar-refractivity contribution is 0.102. The van der Waals surface area contributed by atoms with Crippen LogP contribution in [0.15, 0.2) is 83.8 Å². The van der Waals surface area contributed by atoms with E-state index in [4.69, 9.17) is 9.47 Å². The van der Waals surface area contributed by atoms with E-state index in [1.165, 1.54) is 16.8 Å². The van der Waals surface area contributed by atoms with Crippen LogP contribution in [-0.2, 0) is 7.05 Å². The van der Waals surface area contributed by atoms with Gasteiger partial charge in [-0.3, -0.25) is 19.3 Å². The molecule has 2 aromatic heterocycles. The van der Waals surface area contributed by atoms with E-state index in [1.54, 1.807) is 68.4 Å². The van der Waals surface area contributed by atoms with Gasteiger partial charge in [-0.2, -0.15) is 0 Å². The first kappa shape index (κ1) is 27.1. The number of pyridine rings is 1. The van der Waals surface area contributed by atoms with Crippen molar-refractivity contribution in [3.05, 3.63) is 106 Å². The molecule has 1 N–H and O–H groups in total. The topological polar surface area (TPSA) is 87.4 Å². The summed E-state index contributed by atoms with van der Waals surface area (Å²) in [6.07, 6.45) is 1.56. The number of fused-ring (bicyclic) bond motifs is 1.